The first-order chi connectivity index (χ1) is 7.36. The van der Waals surface area contributed by atoms with Crippen LogP contribution in [0.25, 0.3) is 0 Å². The summed E-state index contributed by atoms with van der Waals surface area (Å²) in [6.45, 7) is 0.722. The fourth-order valence-corrected chi connectivity index (χ4v) is 1.77. The third-order valence-corrected chi connectivity index (χ3v) is 2.64. The molecule has 5 heteroatoms. The Balaban J connectivity index is 2.05. The van der Waals surface area contributed by atoms with E-state index in [4.69, 9.17) is 9.84 Å². The molecule has 0 radical (unpaired) electrons. The average Bonchev–Trinajstić information content (AvgIpc) is 3.00. The molecule has 0 bridgehead atoms. The van der Waals surface area contributed by atoms with Crippen LogP contribution in [0.5, 0.6) is 0 Å². The molecule has 1 saturated carbocycles. The summed E-state index contributed by atoms with van der Waals surface area (Å²) in [6.07, 6.45) is 4.19. The molecule has 1 N–H and O–H groups in total. The highest BCUT2D eigenvalue weighted by Crippen LogP contribution is 2.36. The average molecular weight is 211 g/mol. The van der Waals surface area contributed by atoms with E-state index in [1.807, 2.05) is 0 Å². The smallest absolute Gasteiger partial charge is 0.159 e. The van der Waals surface area contributed by atoms with Gasteiger partial charge >= 0.3 is 0 Å². The van der Waals surface area contributed by atoms with Gasteiger partial charge < -0.3 is 14.4 Å². The summed E-state index contributed by atoms with van der Waals surface area (Å²) in [6, 6.07) is 0.527. The molecule has 1 aromatic heterocycles. The minimum Gasteiger partial charge on any atom is -0.388 e. The topological polar surface area (TPSA) is 60.2 Å². The molecule has 0 saturated heterocycles. The fraction of sp³-hybridized carbons (Fsp3) is 0.800. The lowest BCUT2D eigenvalue weighted by Gasteiger charge is -2.06. The number of aliphatic hydroxyl groups excluding tert-OH is 1. The van der Waals surface area contributed by atoms with E-state index in [0.717, 1.165) is 25.3 Å². The highest BCUT2D eigenvalue weighted by Gasteiger charge is 2.28. The standard InChI is InChI=1S/C10H17N3O2/c1-15-6-2-3-9-11-12-10(7-14)13(9)8-4-5-8/h8,14H,2-7H2,1H3. The van der Waals surface area contributed by atoms with Crippen LogP contribution in [-0.2, 0) is 17.8 Å². The van der Waals surface area contributed by atoms with Gasteiger partial charge in [0.15, 0.2) is 5.82 Å². The van der Waals surface area contributed by atoms with E-state index in [9.17, 15) is 0 Å². The molecular formula is C10H17N3O2. The van der Waals surface area contributed by atoms with E-state index < -0.39 is 0 Å². The molecule has 0 atom stereocenters. The Morgan fingerprint density at radius 1 is 1.40 bits per heavy atom. The van der Waals surface area contributed by atoms with Crippen molar-refractivity contribution in [1.29, 1.82) is 0 Å². The van der Waals surface area contributed by atoms with Crippen LogP contribution in [0.3, 0.4) is 0 Å². The van der Waals surface area contributed by atoms with Crippen molar-refractivity contribution in [2.24, 2.45) is 0 Å². The van der Waals surface area contributed by atoms with Gasteiger partial charge in [-0.25, -0.2) is 0 Å². The number of hydrogen-bond donors (Lipinski definition) is 1. The van der Waals surface area contributed by atoms with Crippen LogP contribution in [0.4, 0.5) is 0 Å². The predicted molar refractivity (Wildman–Crippen MR) is 54.4 cm³/mol. The zero-order valence-electron chi connectivity index (χ0n) is 9.02. The maximum atomic E-state index is 9.13. The number of nitrogens with zero attached hydrogens (tertiary/aromatic N) is 3. The van der Waals surface area contributed by atoms with Crippen molar-refractivity contribution in [2.45, 2.75) is 38.3 Å². The Labute approximate surface area is 89.1 Å². The fourth-order valence-electron chi connectivity index (χ4n) is 1.77. The lowest BCUT2D eigenvalue weighted by atomic mass is 10.3. The highest BCUT2D eigenvalue weighted by molar-refractivity contribution is 5.02. The quantitative estimate of drug-likeness (QED) is 0.703. The van der Waals surface area contributed by atoms with Crippen molar-refractivity contribution >= 4 is 0 Å². The molecule has 15 heavy (non-hydrogen) atoms. The Hall–Kier alpha value is -0.940. The van der Waals surface area contributed by atoms with Crippen molar-refractivity contribution in [1.82, 2.24) is 14.8 Å². The molecular weight excluding hydrogens is 194 g/mol. The molecule has 84 valence electrons. The van der Waals surface area contributed by atoms with Crippen LogP contribution in [0.1, 0.15) is 37.0 Å². The second kappa shape index (κ2) is 4.72. The number of rotatable bonds is 6. The molecule has 0 spiro atoms. The van der Waals surface area contributed by atoms with Crippen LogP contribution in [0.2, 0.25) is 0 Å². The van der Waals surface area contributed by atoms with Crippen molar-refractivity contribution in [2.75, 3.05) is 13.7 Å². The molecule has 0 aromatic carbocycles. The van der Waals surface area contributed by atoms with Gasteiger partial charge in [-0.2, -0.15) is 0 Å². The lowest BCUT2D eigenvalue weighted by Crippen LogP contribution is -2.07. The lowest BCUT2D eigenvalue weighted by molar-refractivity contribution is 0.194. The normalized spacial score (nSPS) is 15.9. The zero-order valence-corrected chi connectivity index (χ0v) is 9.02. The summed E-state index contributed by atoms with van der Waals surface area (Å²) in [5.74, 6) is 1.68. The summed E-state index contributed by atoms with van der Waals surface area (Å²) in [5, 5.41) is 17.2. The van der Waals surface area contributed by atoms with Crippen LogP contribution in [0, 0.1) is 0 Å². The van der Waals surface area contributed by atoms with Crippen LogP contribution in [0.15, 0.2) is 0 Å². The number of aliphatic hydroxyl groups is 1. The maximum absolute atomic E-state index is 9.13. The third-order valence-electron chi connectivity index (χ3n) is 2.64. The van der Waals surface area contributed by atoms with E-state index in [1.54, 1.807) is 7.11 Å². The first kappa shape index (κ1) is 10.6. The minimum absolute atomic E-state index is 0.0201. The van der Waals surface area contributed by atoms with Gasteiger partial charge in [0.05, 0.1) is 0 Å². The Morgan fingerprint density at radius 2 is 2.13 bits per heavy atom. The summed E-state index contributed by atoms with van der Waals surface area (Å²) < 4.78 is 7.10. The van der Waals surface area contributed by atoms with Gasteiger partial charge in [-0.15, -0.1) is 10.2 Å². The Kier molecular flexibility index (Phi) is 3.33. The van der Waals surface area contributed by atoms with Crippen molar-refractivity contribution in [3.05, 3.63) is 11.6 Å². The number of methoxy groups -OCH3 is 1. The van der Waals surface area contributed by atoms with Gasteiger partial charge in [0.1, 0.15) is 12.4 Å². The summed E-state index contributed by atoms with van der Waals surface area (Å²) in [4.78, 5) is 0. The van der Waals surface area contributed by atoms with E-state index in [1.165, 1.54) is 12.8 Å². The van der Waals surface area contributed by atoms with E-state index in [0.29, 0.717) is 11.9 Å². The zero-order chi connectivity index (χ0) is 10.7. The SMILES string of the molecule is COCCCc1nnc(CO)n1C1CC1. The first-order valence-electron chi connectivity index (χ1n) is 5.39. The van der Waals surface area contributed by atoms with Gasteiger partial charge in [0.25, 0.3) is 0 Å². The second-order valence-corrected chi connectivity index (χ2v) is 3.89. The van der Waals surface area contributed by atoms with Crippen molar-refractivity contribution < 1.29 is 9.84 Å². The molecule has 2 rings (SSSR count). The van der Waals surface area contributed by atoms with Crippen molar-refractivity contribution in [3.63, 3.8) is 0 Å². The second-order valence-electron chi connectivity index (χ2n) is 3.89. The Bertz CT molecular complexity index is 320. The minimum atomic E-state index is -0.0201. The van der Waals surface area contributed by atoms with Gasteiger partial charge in [0, 0.05) is 26.2 Å². The first-order valence-corrected chi connectivity index (χ1v) is 5.39. The van der Waals surface area contributed by atoms with Crippen LogP contribution in [-0.4, -0.2) is 33.6 Å². The van der Waals surface area contributed by atoms with Gasteiger partial charge in [-0.1, -0.05) is 0 Å². The molecule has 1 fully saturated rings. The molecule has 5 nitrogen and oxygen atoms in total. The van der Waals surface area contributed by atoms with Crippen molar-refractivity contribution in [3.8, 4) is 0 Å². The summed E-state index contributed by atoms with van der Waals surface area (Å²) in [5.41, 5.74) is 0. The number of aryl methyl sites for hydroxylation is 1. The van der Waals surface area contributed by atoms with E-state index in [-0.39, 0.29) is 6.61 Å². The van der Waals surface area contributed by atoms with Gasteiger partial charge in [0.2, 0.25) is 0 Å². The molecule has 1 aliphatic carbocycles. The van der Waals surface area contributed by atoms with Gasteiger partial charge in [-0.3, -0.25) is 0 Å². The van der Waals surface area contributed by atoms with Crippen LogP contribution >= 0.6 is 0 Å². The third kappa shape index (κ3) is 2.35. The maximum Gasteiger partial charge on any atom is 0.159 e. The van der Waals surface area contributed by atoms with Crippen LogP contribution < -0.4 is 0 Å². The summed E-state index contributed by atoms with van der Waals surface area (Å²) in [7, 11) is 1.70. The molecule has 0 unspecified atom stereocenters. The predicted octanol–water partition coefficient (Wildman–Crippen LogP) is 0.684. The largest absolute Gasteiger partial charge is 0.388 e. The van der Waals surface area contributed by atoms with E-state index >= 15 is 0 Å². The monoisotopic (exact) mass is 211 g/mol. The number of ether oxygens (including phenoxy) is 1. The number of hydrogen-bond acceptors (Lipinski definition) is 4. The summed E-state index contributed by atoms with van der Waals surface area (Å²) >= 11 is 0. The van der Waals surface area contributed by atoms with E-state index in [2.05, 4.69) is 14.8 Å². The molecule has 1 aliphatic rings. The highest BCUT2D eigenvalue weighted by atomic mass is 16.5. The number of aromatic nitrogens is 3. The molecule has 1 aromatic rings. The Morgan fingerprint density at radius 3 is 2.73 bits per heavy atom. The molecule has 0 amide bonds. The van der Waals surface area contributed by atoms with Gasteiger partial charge in [-0.05, 0) is 19.3 Å². The molecule has 0 aliphatic heterocycles. The molecule has 1 heterocycles.